The molecule has 172 valence electrons. The molecule has 3 aromatic carbocycles. The molecular weight excluding hydrogens is 456 g/mol. The van der Waals surface area contributed by atoms with Crippen molar-refractivity contribution in [2.75, 3.05) is 19.6 Å². The van der Waals surface area contributed by atoms with Crippen LogP contribution >= 0.6 is 11.6 Å². The maximum atomic E-state index is 11.3. The minimum Gasteiger partial charge on any atom is -0.493 e. The van der Waals surface area contributed by atoms with Crippen molar-refractivity contribution in [2.24, 2.45) is 5.10 Å². The van der Waals surface area contributed by atoms with Crippen molar-refractivity contribution in [1.82, 2.24) is 9.78 Å². The molecule has 34 heavy (non-hydrogen) atoms. The second-order valence-electron chi connectivity index (χ2n) is 7.15. The zero-order valence-corrected chi connectivity index (χ0v) is 19.2. The van der Waals surface area contributed by atoms with Gasteiger partial charge in [-0.25, -0.2) is 9.48 Å². The normalized spacial score (nSPS) is 10.9. The summed E-state index contributed by atoms with van der Waals surface area (Å²) in [5, 5.41) is 18.6. The molecule has 9 heteroatoms. The molecule has 1 aromatic heterocycles. The Morgan fingerprint density at radius 2 is 1.82 bits per heavy atom. The summed E-state index contributed by atoms with van der Waals surface area (Å²) in [6, 6.07) is 19.6. The molecule has 0 saturated heterocycles. The Morgan fingerprint density at radius 3 is 2.53 bits per heavy atom. The molecule has 0 spiro atoms. The smallest absolute Gasteiger partial charge is 0.335 e. The lowest BCUT2D eigenvalue weighted by molar-refractivity contribution is 0.0697. The van der Waals surface area contributed by atoms with Crippen LogP contribution in [0.25, 0.3) is 16.9 Å². The number of rotatable bonds is 8. The fourth-order valence-corrected chi connectivity index (χ4v) is 3.48. The molecule has 0 aliphatic heterocycles. The molecule has 4 rings (SSSR count). The van der Waals surface area contributed by atoms with Crippen LogP contribution in [0.3, 0.4) is 0 Å². The van der Waals surface area contributed by atoms with Crippen molar-refractivity contribution in [2.45, 2.75) is 0 Å². The van der Waals surface area contributed by atoms with Crippen molar-refractivity contribution in [3.8, 4) is 28.4 Å². The number of halogens is 1. The highest BCUT2D eigenvalue weighted by Gasteiger charge is 2.14. The van der Waals surface area contributed by atoms with Gasteiger partial charge in [0.1, 0.15) is 5.69 Å². The second-order valence-corrected chi connectivity index (χ2v) is 7.56. The van der Waals surface area contributed by atoms with Crippen LogP contribution in [0, 0.1) is 0 Å². The van der Waals surface area contributed by atoms with Gasteiger partial charge in [-0.15, -0.1) is 0 Å². The number of aromatic nitrogens is 2. The van der Waals surface area contributed by atoms with Crippen LogP contribution in [-0.4, -0.2) is 41.3 Å². The molecule has 0 aliphatic carbocycles. The third-order valence-corrected chi connectivity index (χ3v) is 5.35. The van der Waals surface area contributed by atoms with Gasteiger partial charge in [-0.2, -0.15) is 10.2 Å². The summed E-state index contributed by atoms with van der Waals surface area (Å²) in [4.78, 5) is 11.3. The quantitative estimate of drug-likeness (QED) is 0.262. The Kier molecular flexibility index (Phi) is 6.79. The Balaban J connectivity index is 1.72. The monoisotopic (exact) mass is 476 g/mol. The van der Waals surface area contributed by atoms with Crippen molar-refractivity contribution >= 4 is 29.5 Å². The minimum atomic E-state index is -1.05. The van der Waals surface area contributed by atoms with Gasteiger partial charge in [0.15, 0.2) is 11.5 Å². The van der Waals surface area contributed by atoms with E-state index in [1.54, 1.807) is 25.1 Å². The summed E-state index contributed by atoms with van der Waals surface area (Å²) in [6.45, 7) is 0. The fraction of sp³-hybridized carbons (Fsp3) is 0.0800. The molecule has 0 unspecified atom stereocenters. The summed E-state index contributed by atoms with van der Waals surface area (Å²) >= 11 is 6.18. The van der Waals surface area contributed by atoms with E-state index in [1.165, 1.54) is 18.2 Å². The number of nitrogens with one attached hydrogen (secondary N) is 1. The van der Waals surface area contributed by atoms with Crippen LogP contribution in [0.1, 0.15) is 15.9 Å². The van der Waals surface area contributed by atoms with Gasteiger partial charge in [0.2, 0.25) is 0 Å². The number of ether oxygens (including phenoxy) is 2. The minimum absolute atomic E-state index is 0.102. The van der Waals surface area contributed by atoms with Gasteiger partial charge < -0.3 is 14.6 Å². The Hall–Kier alpha value is -4.30. The predicted octanol–water partition coefficient (Wildman–Crippen LogP) is 5.35. The number of para-hydroxylation sites is 1. The first-order chi connectivity index (χ1) is 16.5. The van der Waals surface area contributed by atoms with Crippen LogP contribution < -0.4 is 14.9 Å². The highest BCUT2D eigenvalue weighted by Crippen LogP contribution is 2.33. The molecule has 0 saturated carbocycles. The summed E-state index contributed by atoms with van der Waals surface area (Å²) < 4.78 is 12.5. The number of anilines is 1. The number of methoxy groups -OCH3 is 2. The van der Waals surface area contributed by atoms with Gasteiger partial charge >= 0.3 is 5.97 Å². The lowest BCUT2D eigenvalue weighted by atomic mass is 10.1. The number of aromatic carboxylic acids is 1. The van der Waals surface area contributed by atoms with Gasteiger partial charge in [0, 0.05) is 17.3 Å². The molecule has 0 aliphatic rings. The van der Waals surface area contributed by atoms with E-state index in [-0.39, 0.29) is 5.56 Å². The largest absolute Gasteiger partial charge is 0.493 e. The van der Waals surface area contributed by atoms with E-state index in [1.807, 2.05) is 54.7 Å². The van der Waals surface area contributed by atoms with Crippen molar-refractivity contribution in [1.29, 1.82) is 0 Å². The third-order valence-electron chi connectivity index (χ3n) is 5.02. The zero-order valence-electron chi connectivity index (χ0n) is 18.4. The molecule has 0 bridgehead atoms. The Morgan fingerprint density at radius 1 is 1.06 bits per heavy atom. The number of benzene rings is 3. The SMILES string of the molecule is COc1ccc(-c2nn(-c3ccccc3)cc2/C=N\Nc2cc(C(=O)O)ccc2Cl)cc1OC. The molecule has 0 radical (unpaired) electrons. The van der Waals surface area contributed by atoms with E-state index in [4.69, 9.17) is 26.2 Å². The summed E-state index contributed by atoms with van der Waals surface area (Å²) in [6.07, 6.45) is 3.45. The fourth-order valence-electron chi connectivity index (χ4n) is 3.32. The van der Waals surface area contributed by atoms with Gasteiger partial charge in [0.25, 0.3) is 0 Å². The maximum Gasteiger partial charge on any atom is 0.335 e. The molecular formula is C25H21ClN4O4. The molecule has 8 nitrogen and oxygen atoms in total. The number of carbonyl (C=O) groups is 1. The van der Waals surface area contributed by atoms with E-state index in [9.17, 15) is 9.90 Å². The van der Waals surface area contributed by atoms with Crippen LogP contribution in [0.4, 0.5) is 5.69 Å². The number of carboxylic acid groups (broad SMARTS) is 1. The summed E-state index contributed by atoms with van der Waals surface area (Å²) in [7, 11) is 3.15. The van der Waals surface area contributed by atoms with Gasteiger partial charge in [0.05, 0.1) is 42.4 Å². The van der Waals surface area contributed by atoms with E-state index < -0.39 is 5.97 Å². The molecule has 2 N–H and O–H groups in total. The highest BCUT2D eigenvalue weighted by molar-refractivity contribution is 6.33. The lowest BCUT2D eigenvalue weighted by Gasteiger charge is -2.09. The number of nitrogens with zero attached hydrogens (tertiary/aromatic N) is 3. The number of hydrazone groups is 1. The maximum absolute atomic E-state index is 11.3. The van der Waals surface area contributed by atoms with Crippen molar-refractivity contribution in [3.05, 3.63) is 89.1 Å². The van der Waals surface area contributed by atoms with Gasteiger partial charge in [-0.1, -0.05) is 29.8 Å². The summed E-state index contributed by atoms with van der Waals surface area (Å²) in [5.41, 5.74) is 6.37. The molecule has 1 heterocycles. The van der Waals surface area contributed by atoms with E-state index in [2.05, 4.69) is 10.5 Å². The zero-order chi connectivity index (χ0) is 24.1. The van der Waals surface area contributed by atoms with Crippen molar-refractivity contribution < 1.29 is 19.4 Å². The van der Waals surface area contributed by atoms with E-state index in [0.717, 1.165) is 11.3 Å². The number of hydrogen-bond donors (Lipinski definition) is 2. The average Bonchev–Trinajstić information content (AvgIpc) is 3.29. The standard InChI is InChI=1S/C25H21ClN4O4/c1-33-22-11-9-16(13-23(22)34-2)24-18(15-30(29-24)19-6-4-3-5-7-19)14-27-28-21-12-17(25(31)32)8-10-20(21)26/h3-15,28H,1-2H3,(H,31,32)/b27-14-. The van der Waals surface area contributed by atoms with E-state index >= 15 is 0 Å². The molecule has 4 aromatic rings. The lowest BCUT2D eigenvalue weighted by Crippen LogP contribution is -1.98. The molecule has 0 amide bonds. The van der Waals surface area contributed by atoms with E-state index in [0.29, 0.717) is 33.5 Å². The van der Waals surface area contributed by atoms with Crippen LogP contribution in [-0.2, 0) is 0 Å². The average molecular weight is 477 g/mol. The third kappa shape index (κ3) is 4.87. The predicted molar refractivity (Wildman–Crippen MR) is 132 cm³/mol. The highest BCUT2D eigenvalue weighted by atomic mass is 35.5. The number of carboxylic acids is 1. The topological polar surface area (TPSA) is 98.0 Å². The van der Waals surface area contributed by atoms with Crippen molar-refractivity contribution in [3.63, 3.8) is 0 Å². The molecule has 0 fully saturated rings. The van der Waals surface area contributed by atoms with Crippen LogP contribution in [0.2, 0.25) is 5.02 Å². The van der Waals surface area contributed by atoms with Crippen LogP contribution in [0.15, 0.2) is 78.0 Å². The van der Waals surface area contributed by atoms with Crippen LogP contribution in [0.5, 0.6) is 11.5 Å². The second kappa shape index (κ2) is 10.1. The Labute approximate surface area is 201 Å². The first-order valence-electron chi connectivity index (χ1n) is 10.2. The first-order valence-corrected chi connectivity index (χ1v) is 10.6. The van der Waals surface area contributed by atoms with Gasteiger partial charge in [-0.3, -0.25) is 5.43 Å². The number of hydrogen-bond acceptors (Lipinski definition) is 6. The first kappa shape index (κ1) is 22.9. The van der Waals surface area contributed by atoms with Gasteiger partial charge in [-0.05, 0) is 48.5 Å². The Bertz CT molecular complexity index is 1350. The molecule has 0 atom stereocenters. The summed E-state index contributed by atoms with van der Waals surface area (Å²) in [5.74, 6) is 0.134.